The van der Waals surface area contributed by atoms with Crippen LogP contribution in [-0.4, -0.2) is 52.6 Å². The molecule has 2 rings (SSSR count). The van der Waals surface area contributed by atoms with Gasteiger partial charge in [-0.05, 0) is 38.8 Å². The van der Waals surface area contributed by atoms with Crippen molar-refractivity contribution in [3.8, 4) is 0 Å². The van der Waals surface area contributed by atoms with E-state index in [1.165, 1.54) is 25.9 Å². The Labute approximate surface area is 124 Å². The highest BCUT2D eigenvalue weighted by Crippen LogP contribution is 2.72. The third-order valence-corrected chi connectivity index (χ3v) is 7.40. The molecule has 0 aromatic heterocycles. The molecule has 2 heterocycles. The summed E-state index contributed by atoms with van der Waals surface area (Å²) in [6.07, 6.45) is 1.57. The minimum absolute atomic E-state index is 0. The Bertz CT molecular complexity index is 293. The second kappa shape index (κ2) is 6.92. The van der Waals surface area contributed by atoms with Gasteiger partial charge in [-0.25, -0.2) is 4.79 Å². The van der Waals surface area contributed by atoms with Gasteiger partial charge in [0.1, 0.15) is 22.5 Å². The molecule has 18 heavy (non-hydrogen) atoms. The second-order valence-electron chi connectivity index (χ2n) is 4.69. The number of halogens is 3. The molecular formula is C10H19Cl3N2O2P+. The van der Waals surface area contributed by atoms with Gasteiger partial charge in [-0.1, -0.05) is 0 Å². The first kappa shape index (κ1) is 16.7. The maximum Gasteiger partial charge on any atom is 0.503 e. The minimum Gasteiger partial charge on any atom is -0.448 e. The molecule has 0 aliphatic carbocycles. The van der Waals surface area contributed by atoms with Gasteiger partial charge < -0.3 is 10.0 Å². The molecule has 0 saturated carbocycles. The zero-order chi connectivity index (χ0) is 12.5. The number of likely N-dealkylation sites (tertiary alicyclic amines) is 1. The highest BCUT2D eigenvalue weighted by molar-refractivity contribution is 8.25. The Morgan fingerprint density at radius 3 is 2.06 bits per heavy atom. The molecule has 2 saturated heterocycles. The highest BCUT2D eigenvalue weighted by atomic mass is 35.9. The van der Waals surface area contributed by atoms with Crippen molar-refractivity contribution in [2.75, 3.05) is 26.2 Å². The molecular weight excluding hydrogens is 317 g/mol. The summed E-state index contributed by atoms with van der Waals surface area (Å²) in [7, 11) is 0. The molecule has 0 aromatic carbocycles. The molecule has 0 bridgehead atoms. The van der Waals surface area contributed by atoms with Crippen LogP contribution in [0.15, 0.2) is 0 Å². The maximum atomic E-state index is 11.0. The van der Waals surface area contributed by atoms with Crippen molar-refractivity contribution >= 4 is 46.7 Å². The zero-order valence-corrected chi connectivity index (χ0v) is 13.3. The van der Waals surface area contributed by atoms with E-state index in [1.54, 1.807) is 4.67 Å². The summed E-state index contributed by atoms with van der Waals surface area (Å²) < 4.78 is 1.75. The quantitative estimate of drug-likeness (QED) is 0.794. The summed E-state index contributed by atoms with van der Waals surface area (Å²) in [5.41, 5.74) is -1.07. The SMILES string of the molecule is Cl.O=C(O)[P+](Cl)(Cl)N1CCC(N2CCCC2)CC1. The van der Waals surface area contributed by atoms with Crippen LogP contribution in [0.2, 0.25) is 0 Å². The predicted molar refractivity (Wildman–Crippen MR) is 79.3 cm³/mol. The first-order valence-corrected chi connectivity index (χ1v) is 9.58. The van der Waals surface area contributed by atoms with Gasteiger partial charge in [0.05, 0.1) is 0 Å². The van der Waals surface area contributed by atoms with E-state index in [-0.39, 0.29) is 12.4 Å². The molecule has 8 heteroatoms. The van der Waals surface area contributed by atoms with E-state index in [4.69, 9.17) is 27.6 Å². The van der Waals surface area contributed by atoms with Gasteiger partial charge in [0.2, 0.25) is 0 Å². The highest BCUT2D eigenvalue weighted by Gasteiger charge is 2.54. The number of carboxylic acid groups (broad SMARTS) is 1. The predicted octanol–water partition coefficient (Wildman–Crippen LogP) is 3.89. The Morgan fingerprint density at radius 2 is 1.61 bits per heavy atom. The fraction of sp³-hybridized carbons (Fsp3) is 0.900. The average Bonchev–Trinajstić information content (AvgIpc) is 2.82. The number of piperidine rings is 1. The van der Waals surface area contributed by atoms with E-state index in [9.17, 15) is 4.79 Å². The molecule has 2 aliphatic rings. The summed E-state index contributed by atoms with van der Waals surface area (Å²) in [4.78, 5) is 13.5. The van der Waals surface area contributed by atoms with Gasteiger partial charge >= 0.3 is 11.8 Å². The van der Waals surface area contributed by atoms with Crippen LogP contribution < -0.4 is 0 Å². The number of hydrogen-bond acceptors (Lipinski definition) is 3. The van der Waals surface area contributed by atoms with Crippen molar-refractivity contribution < 1.29 is 9.90 Å². The number of carbonyl (C=O) groups is 1. The van der Waals surface area contributed by atoms with Crippen molar-refractivity contribution in [3.05, 3.63) is 0 Å². The largest absolute Gasteiger partial charge is 0.503 e. The van der Waals surface area contributed by atoms with Crippen molar-refractivity contribution in [1.82, 2.24) is 9.57 Å². The maximum absolute atomic E-state index is 11.0. The van der Waals surface area contributed by atoms with E-state index in [2.05, 4.69) is 4.90 Å². The molecule has 1 N–H and O–H groups in total. The summed E-state index contributed by atoms with van der Waals surface area (Å²) in [6.45, 7) is 3.78. The molecule has 0 aromatic rings. The molecule has 4 nitrogen and oxygen atoms in total. The van der Waals surface area contributed by atoms with Gasteiger partial charge in [0, 0.05) is 19.1 Å². The molecule has 0 amide bonds. The minimum atomic E-state index is -2.97. The van der Waals surface area contributed by atoms with Crippen LogP contribution in [0.1, 0.15) is 25.7 Å². The Kier molecular flexibility index (Phi) is 6.43. The van der Waals surface area contributed by atoms with Crippen LogP contribution in [0.3, 0.4) is 0 Å². The third-order valence-electron chi connectivity index (χ3n) is 3.68. The fourth-order valence-corrected chi connectivity index (χ4v) is 4.58. The lowest BCUT2D eigenvalue weighted by Crippen LogP contribution is -2.43. The van der Waals surface area contributed by atoms with E-state index in [0.29, 0.717) is 19.1 Å². The number of hydrogen-bond donors (Lipinski definition) is 1. The van der Waals surface area contributed by atoms with E-state index in [1.807, 2.05) is 0 Å². The van der Waals surface area contributed by atoms with Crippen molar-refractivity contribution in [2.45, 2.75) is 31.7 Å². The Balaban J connectivity index is 0.00000162. The topological polar surface area (TPSA) is 43.8 Å². The molecule has 0 spiro atoms. The lowest BCUT2D eigenvalue weighted by atomic mass is 10.1. The van der Waals surface area contributed by atoms with Crippen LogP contribution in [0.5, 0.6) is 0 Å². The van der Waals surface area contributed by atoms with Gasteiger partial charge in [-0.2, -0.15) is 0 Å². The smallest absolute Gasteiger partial charge is 0.448 e. The zero-order valence-electron chi connectivity index (χ0n) is 10.1. The lowest BCUT2D eigenvalue weighted by Gasteiger charge is -2.35. The number of rotatable bonds is 3. The van der Waals surface area contributed by atoms with Crippen LogP contribution in [-0.2, 0) is 0 Å². The van der Waals surface area contributed by atoms with E-state index >= 15 is 0 Å². The van der Waals surface area contributed by atoms with Crippen molar-refractivity contribution in [2.24, 2.45) is 0 Å². The summed E-state index contributed by atoms with van der Waals surface area (Å²) in [5, 5.41) is 9.00. The molecule has 2 aliphatic heterocycles. The fourth-order valence-electron chi connectivity index (χ4n) is 2.70. The van der Waals surface area contributed by atoms with Gasteiger partial charge in [0.25, 0.3) is 0 Å². The first-order valence-electron chi connectivity index (χ1n) is 6.03. The third kappa shape index (κ3) is 3.62. The standard InChI is InChI=1S/C10H17Cl2N2O2P.ClH/c11-17(12,10(15)16)14-7-3-9(4-8-14)13-5-1-2-6-13;/h9H,1-8H2;1H/p+1. The van der Waals surface area contributed by atoms with Crippen LogP contribution in [0.4, 0.5) is 4.79 Å². The normalized spacial score (nSPS) is 23.9. The molecule has 106 valence electrons. The van der Waals surface area contributed by atoms with Crippen molar-refractivity contribution in [3.63, 3.8) is 0 Å². The lowest BCUT2D eigenvalue weighted by molar-refractivity contribution is 0.169. The van der Waals surface area contributed by atoms with E-state index < -0.39 is 11.8 Å². The van der Waals surface area contributed by atoms with Crippen LogP contribution >= 0.6 is 41.0 Å². The van der Waals surface area contributed by atoms with Gasteiger partial charge in [-0.15, -0.1) is 17.1 Å². The Hall–Kier alpha value is 0.690. The first-order chi connectivity index (χ1) is 8.01. The summed E-state index contributed by atoms with van der Waals surface area (Å²) >= 11 is 11.9. The Morgan fingerprint density at radius 1 is 1.11 bits per heavy atom. The average molecular weight is 337 g/mol. The van der Waals surface area contributed by atoms with Crippen LogP contribution in [0, 0.1) is 0 Å². The van der Waals surface area contributed by atoms with Gasteiger partial charge in [-0.3, -0.25) is 0 Å². The molecule has 0 atom stereocenters. The molecule has 0 unspecified atom stereocenters. The van der Waals surface area contributed by atoms with Gasteiger partial charge in [0.15, 0.2) is 0 Å². The summed E-state index contributed by atoms with van der Waals surface area (Å²) in [6, 6.07) is 0.593. The summed E-state index contributed by atoms with van der Waals surface area (Å²) in [5.74, 6) is 0. The van der Waals surface area contributed by atoms with Crippen molar-refractivity contribution in [1.29, 1.82) is 0 Å². The van der Waals surface area contributed by atoms with Crippen LogP contribution in [0.25, 0.3) is 0 Å². The second-order valence-corrected chi connectivity index (χ2v) is 10.1. The van der Waals surface area contributed by atoms with E-state index in [0.717, 1.165) is 12.8 Å². The number of nitrogens with zero attached hydrogens (tertiary/aromatic N) is 2. The molecule has 0 radical (unpaired) electrons. The molecule has 2 fully saturated rings. The monoisotopic (exact) mass is 335 g/mol.